The zero-order valence-corrected chi connectivity index (χ0v) is 12.0. The normalized spacial score (nSPS) is 12.4. The molecule has 0 aliphatic heterocycles. The van der Waals surface area contributed by atoms with Gasteiger partial charge in [0.15, 0.2) is 5.78 Å². The number of carbonyl (C=O) groups excluding carboxylic acids is 1. The van der Waals surface area contributed by atoms with Crippen LogP contribution >= 0.6 is 0 Å². The summed E-state index contributed by atoms with van der Waals surface area (Å²) in [5.74, 6) is -0.351. The first kappa shape index (κ1) is 16.8. The molecule has 1 aromatic rings. The van der Waals surface area contributed by atoms with Gasteiger partial charge in [-0.25, -0.2) is 4.39 Å². The van der Waals surface area contributed by atoms with E-state index < -0.39 is 11.5 Å². The molecule has 0 aliphatic rings. The van der Waals surface area contributed by atoms with Gasteiger partial charge in [0, 0.05) is 6.84 Å². The Labute approximate surface area is 111 Å². The molecule has 0 aliphatic carbocycles. The lowest BCUT2D eigenvalue weighted by Gasteiger charge is -2.21. The lowest BCUT2D eigenvalue weighted by molar-refractivity contribution is -0.127. The standard InChI is InChI=1S/C13H18FNO.C2H6.H2/c1-13(2,3)12(16)11(15)8-9-6-4-5-7-10(9)14;1-2;/h4-7,11H,8,15H2,1-3H3;1-2H3;1H/t11-;;/m0../s1. The third-order valence-corrected chi connectivity index (χ3v) is 2.47. The summed E-state index contributed by atoms with van der Waals surface area (Å²) in [5, 5.41) is 0. The average Bonchev–Trinajstić information content (AvgIpc) is 2.32. The highest BCUT2D eigenvalue weighted by Crippen LogP contribution is 2.18. The summed E-state index contributed by atoms with van der Waals surface area (Å²) in [7, 11) is 0. The minimum Gasteiger partial charge on any atom is -0.321 e. The molecule has 104 valence electrons. The summed E-state index contributed by atoms with van der Waals surface area (Å²) in [6.07, 6.45) is 0.253. The van der Waals surface area contributed by atoms with E-state index in [1.165, 1.54) is 6.07 Å². The second kappa shape index (κ2) is 7.27. The number of hydrogen-bond acceptors (Lipinski definition) is 2. The van der Waals surface area contributed by atoms with Crippen LogP contribution in [0.15, 0.2) is 24.3 Å². The van der Waals surface area contributed by atoms with Crippen molar-refractivity contribution in [3.63, 3.8) is 0 Å². The Hall–Kier alpha value is -1.22. The van der Waals surface area contributed by atoms with Crippen LogP contribution in [-0.2, 0) is 11.2 Å². The number of benzene rings is 1. The van der Waals surface area contributed by atoms with Gasteiger partial charge in [-0.3, -0.25) is 4.79 Å². The fourth-order valence-electron chi connectivity index (χ4n) is 1.55. The van der Waals surface area contributed by atoms with Gasteiger partial charge in [-0.05, 0) is 18.1 Å². The first-order valence-electron chi connectivity index (χ1n) is 6.35. The van der Waals surface area contributed by atoms with Gasteiger partial charge >= 0.3 is 0 Å². The van der Waals surface area contributed by atoms with Crippen LogP contribution in [0.1, 0.15) is 41.6 Å². The van der Waals surface area contributed by atoms with Crippen LogP contribution in [0.4, 0.5) is 4.39 Å². The molecule has 3 heteroatoms. The van der Waals surface area contributed by atoms with E-state index in [1.807, 2.05) is 34.6 Å². The number of nitrogens with two attached hydrogens (primary N) is 1. The summed E-state index contributed by atoms with van der Waals surface area (Å²) in [5.41, 5.74) is 5.80. The van der Waals surface area contributed by atoms with Crippen molar-refractivity contribution in [1.29, 1.82) is 0 Å². The fraction of sp³-hybridized carbons (Fsp3) is 0.533. The molecular weight excluding hydrogens is 229 g/mol. The topological polar surface area (TPSA) is 43.1 Å². The van der Waals surface area contributed by atoms with Gasteiger partial charge in [0.1, 0.15) is 5.82 Å². The summed E-state index contributed by atoms with van der Waals surface area (Å²) < 4.78 is 13.3. The van der Waals surface area contributed by atoms with E-state index in [-0.39, 0.29) is 19.4 Å². The van der Waals surface area contributed by atoms with Crippen LogP contribution < -0.4 is 5.73 Å². The molecule has 0 spiro atoms. The Morgan fingerprint density at radius 2 is 1.83 bits per heavy atom. The molecule has 0 saturated carbocycles. The highest BCUT2D eigenvalue weighted by Gasteiger charge is 2.27. The smallest absolute Gasteiger partial charge is 0.155 e. The minimum atomic E-state index is -0.642. The van der Waals surface area contributed by atoms with Gasteiger partial charge in [-0.15, -0.1) is 0 Å². The molecule has 2 nitrogen and oxygen atoms in total. The van der Waals surface area contributed by atoms with Crippen LogP contribution in [0.5, 0.6) is 0 Å². The lowest BCUT2D eigenvalue weighted by Crippen LogP contribution is -2.40. The van der Waals surface area contributed by atoms with Crippen molar-refractivity contribution in [1.82, 2.24) is 0 Å². The Morgan fingerprint density at radius 1 is 1.33 bits per heavy atom. The average molecular weight is 255 g/mol. The molecule has 0 saturated heterocycles. The largest absolute Gasteiger partial charge is 0.321 e. The maximum atomic E-state index is 13.3. The van der Waals surface area contributed by atoms with E-state index in [0.29, 0.717) is 5.56 Å². The molecule has 1 aromatic carbocycles. The molecule has 18 heavy (non-hydrogen) atoms. The first-order valence-corrected chi connectivity index (χ1v) is 6.35. The second-order valence-corrected chi connectivity index (χ2v) is 5.02. The molecule has 0 radical (unpaired) electrons. The monoisotopic (exact) mass is 255 g/mol. The van der Waals surface area contributed by atoms with Gasteiger partial charge < -0.3 is 5.73 Å². The van der Waals surface area contributed by atoms with E-state index in [4.69, 9.17) is 5.73 Å². The van der Waals surface area contributed by atoms with Gasteiger partial charge in [0.25, 0.3) is 0 Å². The van der Waals surface area contributed by atoms with Crippen LogP contribution in [-0.4, -0.2) is 11.8 Å². The van der Waals surface area contributed by atoms with E-state index in [9.17, 15) is 9.18 Å². The van der Waals surface area contributed by atoms with Crippen molar-refractivity contribution >= 4 is 5.78 Å². The highest BCUT2D eigenvalue weighted by atomic mass is 19.1. The van der Waals surface area contributed by atoms with Crippen LogP contribution in [0, 0.1) is 11.2 Å². The molecule has 0 amide bonds. The van der Waals surface area contributed by atoms with Crippen LogP contribution in [0.2, 0.25) is 0 Å². The number of ketones is 1. The zero-order valence-electron chi connectivity index (χ0n) is 12.0. The number of Topliss-reactive ketones (excluding diaryl/α,β-unsaturated/α-hetero) is 1. The Kier molecular flexibility index (Phi) is 6.77. The van der Waals surface area contributed by atoms with Crippen molar-refractivity contribution in [3.05, 3.63) is 35.6 Å². The van der Waals surface area contributed by atoms with E-state index >= 15 is 0 Å². The number of halogens is 1. The second-order valence-electron chi connectivity index (χ2n) is 5.02. The SMILES string of the molecule is CC.CC(C)(C)C(=O)[C@@H](N)Cc1ccccc1F.[HH]. The summed E-state index contributed by atoms with van der Waals surface area (Å²) in [6, 6.07) is 5.76. The highest BCUT2D eigenvalue weighted by molar-refractivity contribution is 5.88. The molecule has 1 rings (SSSR count). The first-order chi connectivity index (χ1) is 8.32. The van der Waals surface area contributed by atoms with E-state index in [1.54, 1.807) is 18.2 Å². The maximum Gasteiger partial charge on any atom is 0.155 e. The molecule has 2 N–H and O–H groups in total. The number of carbonyl (C=O) groups is 1. The molecule has 0 unspecified atom stereocenters. The molecule has 0 fully saturated rings. The predicted molar refractivity (Wildman–Crippen MR) is 76.0 cm³/mol. The van der Waals surface area contributed by atoms with Crippen molar-refractivity contribution in [3.8, 4) is 0 Å². The minimum absolute atomic E-state index is 0. The lowest BCUT2D eigenvalue weighted by atomic mass is 9.84. The molecule has 0 heterocycles. The predicted octanol–water partition coefficient (Wildman–Crippen LogP) is 3.58. The van der Waals surface area contributed by atoms with Crippen molar-refractivity contribution in [2.24, 2.45) is 11.1 Å². The van der Waals surface area contributed by atoms with Crippen molar-refractivity contribution in [2.45, 2.75) is 47.1 Å². The zero-order chi connectivity index (χ0) is 14.3. The molecule has 0 aromatic heterocycles. The van der Waals surface area contributed by atoms with Crippen molar-refractivity contribution < 1.29 is 10.6 Å². The quantitative estimate of drug-likeness (QED) is 0.897. The fourth-order valence-corrected chi connectivity index (χ4v) is 1.55. The van der Waals surface area contributed by atoms with Gasteiger partial charge in [-0.2, -0.15) is 0 Å². The molecular formula is C15H26FNO. The van der Waals surface area contributed by atoms with Gasteiger partial charge in [0.2, 0.25) is 0 Å². The summed E-state index contributed by atoms with van der Waals surface area (Å²) in [4.78, 5) is 11.8. The Balaban J connectivity index is 0. The molecule has 0 bridgehead atoms. The number of hydrogen-bond donors (Lipinski definition) is 1. The summed E-state index contributed by atoms with van der Waals surface area (Å²) >= 11 is 0. The van der Waals surface area contributed by atoms with E-state index in [2.05, 4.69) is 0 Å². The Bertz CT molecular complexity index is 388. The van der Waals surface area contributed by atoms with Crippen LogP contribution in [0.25, 0.3) is 0 Å². The Morgan fingerprint density at radius 3 is 2.28 bits per heavy atom. The van der Waals surface area contributed by atoms with Gasteiger partial charge in [0.05, 0.1) is 6.04 Å². The molecule has 1 atom stereocenters. The third kappa shape index (κ3) is 4.96. The van der Waals surface area contributed by atoms with E-state index in [0.717, 1.165) is 0 Å². The third-order valence-electron chi connectivity index (χ3n) is 2.47. The number of rotatable bonds is 3. The summed E-state index contributed by atoms with van der Waals surface area (Å²) in [6.45, 7) is 9.45. The van der Waals surface area contributed by atoms with Gasteiger partial charge in [-0.1, -0.05) is 52.8 Å². The van der Waals surface area contributed by atoms with Crippen molar-refractivity contribution in [2.75, 3.05) is 0 Å². The van der Waals surface area contributed by atoms with Crippen LogP contribution in [0.3, 0.4) is 0 Å². The maximum absolute atomic E-state index is 13.3.